The molecule has 2 fully saturated rings. The largest absolute Gasteiger partial charge is 0.388 e. The lowest BCUT2D eigenvalue weighted by atomic mass is 9.92. The molecule has 5 N–H and O–H groups in total. The lowest BCUT2D eigenvalue weighted by molar-refractivity contribution is -0.205. The molecule has 0 aromatic heterocycles. The molecule has 0 radical (unpaired) electrons. The molecule has 28 heavy (non-hydrogen) atoms. The summed E-state index contributed by atoms with van der Waals surface area (Å²) >= 11 is 7.53. The SMILES string of the molecule is CSC1O[C@H]([C@H](NC(=O)[C@H]2NC[C@H]3CC=CCO[C@H]32)[C@H](C)Cl)C(O)C(O)[C@H]1O. The van der Waals surface area contributed by atoms with Crippen LogP contribution < -0.4 is 10.6 Å². The van der Waals surface area contributed by atoms with Crippen molar-refractivity contribution in [3.05, 3.63) is 12.2 Å². The highest BCUT2D eigenvalue weighted by Crippen LogP contribution is 2.31. The van der Waals surface area contributed by atoms with Crippen molar-refractivity contribution in [1.29, 1.82) is 0 Å². The lowest BCUT2D eigenvalue weighted by Gasteiger charge is -2.44. The van der Waals surface area contributed by atoms with Crippen LogP contribution in [-0.2, 0) is 14.3 Å². The number of ether oxygens (including phenoxy) is 2. The van der Waals surface area contributed by atoms with Crippen LogP contribution in [0.4, 0.5) is 0 Å². The molecule has 10 atom stereocenters. The molecule has 3 aliphatic heterocycles. The molecule has 10 heteroatoms. The second-order valence-corrected chi connectivity index (χ2v) is 9.16. The number of allylic oxidation sites excluding steroid dienone is 1. The molecule has 1 amide bonds. The molecule has 2 saturated heterocycles. The normalized spacial score (nSPS) is 43.1. The summed E-state index contributed by atoms with van der Waals surface area (Å²) in [6, 6.07) is -1.29. The van der Waals surface area contributed by atoms with Crippen molar-refractivity contribution in [3.63, 3.8) is 0 Å². The minimum Gasteiger partial charge on any atom is -0.388 e. The maximum absolute atomic E-state index is 13.0. The van der Waals surface area contributed by atoms with Gasteiger partial charge in [0.15, 0.2) is 0 Å². The van der Waals surface area contributed by atoms with Gasteiger partial charge in [-0.3, -0.25) is 4.79 Å². The molecule has 0 saturated carbocycles. The molecule has 0 aliphatic carbocycles. The number of hydrogen-bond donors (Lipinski definition) is 5. The van der Waals surface area contributed by atoms with Crippen LogP contribution in [0.2, 0.25) is 0 Å². The van der Waals surface area contributed by atoms with Gasteiger partial charge in [-0.2, -0.15) is 0 Å². The zero-order valence-corrected chi connectivity index (χ0v) is 17.5. The van der Waals surface area contributed by atoms with Crippen LogP contribution in [0.1, 0.15) is 13.3 Å². The summed E-state index contributed by atoms with van der Waals surface area (Å²) in [4.78, 5) is 13.0. The minimum atomic E-state index is -1.39. The van der Waals surface area contributed by atoms with Gasteiger partial charge in [0.2, 0.25) is 5.91 Å². The zero-order chi connectivity index (χ0) is 20.4. The summed E-state index contributed by atoms with van der Waals surface area (Å²) in [6.45, 7) is 2.83. The van der Waals surface area contributed by atoms with Gasteiger partial charge in [-0.25, -0.2) is 0 Å². The quantitative estimate of drug-likeness (QED) is 0.281. The van der Waals surface area contributed by atoms with Gasteiger partial charge in [-0.1, -0.05) is 12.2 Å². The van der Waals surface area contributed by atoms with Crippen molar-refractivity contribution in [1.82, 2.24) is 10.6 Å². The number of halogens is 1. The molecule has 160 valence electrons. The van der Waals surface area contributed by atoms with Crippen LogP contribution >= 0.6 is 23.4 Å². The third-order valence-electron chi connectivity index (χ3n) is 5.66. The molecule has 3 rings (SSSR count). The summed E-state index contributed by atoms with van der Waals surface area (Å²) < 4.78 is 11.6. The number of alkyl halides is 1. The highest BCUT2D eigenvalue weighted by atomic mass is 35.5. The highest BCUT2D eigenvalue weighted by Gasteiger charge is 2.49. The first kappa shape index (κ1) is 22.3. The molecular weight excluding hydrogens is 408 g/mol. The number of fused-ring (bicyclic) bond motifs is 1. The number of carbonyl (C=O) groups is 1. The minimum absolute atomic E-state index is 0.218. The number of aliphatic hydroxyl groups is 3. The smallest absolute Gasteiger partial charge is 0.240 e. The number of aliphatic hydroxyl groups excluding tert-OH is 3. The molecule has 8 nitrogen and oxygen atoms in total. The molecule has 0 aromatic carbocycles. The Morgan fingerprint density at radius 3 is 2.71 bits per heavy atom. The van der Waals surface area contributed by atoms with Crippen LogP contribution in [0.5, 0.6) is 0 Å². The van der Waals surface area contributed by atoms with Crippen molar-refractivity contribution < 1.29 is 29.6 Å². The molecular formula is C18H29ClN2O6S. The number of amides is 1. The van der Waals surface area contributed by atoms with Crippen LogP contribution in [0.25, 0.3) is 0 Å². The van der Waals surface area contributed by atoms with E-state index in [0.29, 0.717) is 13.2 Å². The predicted octanol–water partition coefficient (Wildman–Crippen LogP) is -0.798. The summed E-state index contributed by atoms with van der Waals surface area (Å²) in [5.74, 6) is -0.0697. The van der Waals surface area contributed by atoms with Gasteiger partial charge in [0.1, 0.15) is 35.9 Å². The van der Waals surface area contributed by atoms with E-state index in [4.69, 9.17) is 21.1 Å². The van der Waals surface area contributed by atoms with Crippen molar-refractivity contribution in [2.45, 2.75) is 66.8 Å². The van der Waals surface area contributed by atoms with Gasteiger partial charge in [0.05, 0.1) is 24.1 Å². The number of thioether (sulfide) groups is 1. The van der Waals surface area contributed by atoms with Crippen molar-refractivity contribution in [3.8, 4) is 0 Å². The van der Waals surface area contributed by atoms with Gasteiger partial charge >= 0.3 is 0 Å². The molecule has 3 heterocycles. The van der Waals surface area contributed by atoms with Gasteiger partial charge in [-0.15, -0.1) is 23.4 Å². The Kier molecular flexibility index (Phi) is 7.66. The van der Waals surface area contributed by atoms with Crippen LogP contribution in [0, 0.1) is 5.92 Å². The van der Waals surface area contributed by atoms with E-state index >= 15 is 0 Å². The fraction of sp³-hybridized carbons (Fsp3) is 0.833. The number of rotatable bonds is 5. The summed E-state index contributed by atoms with van der Waals surface area (Å²) in [5.41, 5.74) is -0.733. The Balaban J connectivity index is 1.71. The number of carbonyl (C=O) groups excluding carboxylic acids is 1. The average Bonchev–Trinajstić information content (AvgIpc) is 2.93. The van der Waals surface area contributed by atoms with Crippen molar-refractivity contribution in [2.75, 3.05) is 19.4 Å². The Morgan fingerprint density at radius 2 is 2.04 bits per heavy atom. The molecule has 3 unspecified atom stereocenters. The van der Waals surface area contributed by atoms with Gasteiger partial charge in [-0.05, 0) is 19.6 Å². The Morgan fingerprint density at radius 1 is 1.29 bits per heavy atom. The first-order valence-electron chi connectivity index (χ1n) is 9.52. The fourth-order valence-electron chi connectivity index (χ4n) is 4.06. The van der Waals surface area contributed by atoms with E-state index in [-0.39, 0.29) is 17.9 Å². The van der Waals surface area contributed by atoms with Gasteiger partial charge in [0, 0.05) is 12.5 Å². The van der Waals surface area contributed by atoms with E-state index < -0.39 is 47.3 Å². The Labute approximate surface area is 174 Å². The molecule has 3 aliphatic rings. The first-order valence-corrected chi connectivity index (χ1v) is 11.2. The van der Waals surface area contributed by atoms with Crippen molar-refractivity contribution >= 4 is 29.3 Å². The Bertz CT molecular complexity index is 580. The van der Waals surface area contributed by atoms with E-state index in [2.05, 4.69) is 16.7 Å². The van der Waals surface area contributed by atoms with E-state index in [1.807, 2.05) is 6.08 Å². The summed E-state index contributed by atoms with van der Waals surface area (Å²) in [6.07, 6.45) is 1.39. The monoisotopic (exact) mass is 436 g/mol. The first-order chi connectivity index (χ1) is 13.3. The third kappa shape index (κ3) is 4.52. The second kappa shape index (κ2) is 9.61. The Hall–Kier alpha value is -0.390. The maximum atomic E-state index is 13.0. The van der Waals surface area contributed by atoms with Crippen LogP contribution in [0.15, 0.2) is 12.2 Å². The van der Waals surface area contributed by atoms with Gasteiger partial charge < -0.3 is 35.4 Å². The zero-order valence-electron chi connectivity index (χ0n) is 15.9. The summed E-state index contributed by atoms with van der Waals surface area (Å²) in [5, 5.41) is 36.2. The standard InChI is InChI=1S/C18H29ClN2O6S/c1-8(19)10(16-13(23)12(22)14(24)18(27-16)28-2)21-17(25)11-15-9(7-20-11)5-3-4-6-26-15/h3-4,8-16,18,20,22-24H,5-7H2,1-2H3,(H,21,25)/t8-,9+,10+,11-,12?,13?,14+,15+,16+,18?/m0/s1. The molecule has 0 bridgehead atoms. The van der Waals surface area contributed by atoms with Crippen molar-refractivity contribution in [2.24, 2.45) is 5.92 Å². The van der Waals surface area contributed by atoms with E-state index in [1.165, 1.54) is 11.8 Å². The van der Waals surface area contributed by atoms with E-state index in [9.17, 15) is 20.1 Å². The predicted molar refractivity (Wildman–Crippen MR) is 106 cm³/mol. The number of nitrogens with one attached hydrogen (secondary N) is 2. The molecule has 0 aromatic rings. The van der Waals surface area contributed by atoms with Gasteiger partial charge in [0.25, 0.3) is 0 Å². The lowest BCUT2D eigenvalue weighted by Crippen LogP contribution is -2.65. The highest BCUT2D eigenvalue weighted by molar-refractivity contribution is 7.99. The van der Waals surface area contributed by atoms with Crippen LogP contribution in [0.3, 0.4) is 0 Å². The topological polar surface area (TPSA) is 120 Å². The van der Waals surface area contributed by atoms with E-state index in [1.54, 1.807) is 13.2 Å². The average molecular weight is 437 g/mol. The fourth-order valence-corrected chi connectivity index (χ4v) is 4.94. The third-order valence-corrected chi connectivity index (χ3v) is 6.79. The number of hydrogen-bond acceptors (Lipinski definition) is 8. The van der Waals surface area contributed by atoms with Crippen LogP contribution in [-0.4, -0.2) is 94.1 Å². The summed E-state index contributed by atoms with van der Waals surface area (Å²) in [7, 11) is 0. The molecule has 0 spiro atoms. The maximum Gasteiger partial charge on any atom is 0.240 e. The second-order valence-electron chi connectivity index (χ2n) is 7.54. The van der Waals surface area contributed by atoms with E-state index in [0.717, 1.165) is 6.42 Å².